The van der Waals surface area contributed by atoms with E-state index in [1.807, 2.05) is 67.9 Å². The third-order valence-electron chi connectivity index (χ3n) is 6.02. The van der Waals surface area contributed by atoms with Crippen molar-refractivity contribution in [3.05, 3.63) is 77.5 Å². The van der Waals surface area contributed by atoms with Crippen LogP contribution >= 0.6 is 0 Å². The second-order valence-corrected chi connectivity index (χ2v) is 9.78. The summed E-state index contributed by atoms with van der Waals surface area (Å²) in [5, 5.41) is 13.8. The van der Waals surface area contributed by atoms with Crippen molar-refractivity contribution in [2.75, 3.05) is 16.8 Å². The van der Waals surface area contributed by atoms with E-state index in [2.05, 4.69) is 23.5 Å². The summed E-state index contributed by atoms with van der Waals surface area (Å²) >= 11 is 0. The minimum Gasteiger partial charge on any atom is -0.443 e. The van der Waals surface area contributed by atoms with E-state index in [1.165, 1.54) is 0 Å². The standard InChI is InChI=1S/C28H28N6O2/c1-28(2,3)36-27(35)34-15-8-12-22-24(30-18-19-9-5-4-6-10-19)31-26(32-25(22)34)33-16-14-21-20(17-29)11-7-13-23(21)33/h4-7,9-11,13-14,16H,8,12,15,18H2,1-3H3,(H,30,31,32). The van der Waals surface area contributed by atoms with Gasteiger partial charge in [-0.2, -0.15) is 15.2 Å². The molecule has 1 aliphatic heterocycles. The van der Waals surface area contributed by atoms with Crippen molar-refractivity contribution in [2.24, 2.45) is 0 Å². The first-order valence-electron chi connectivity index (χ1n) is 12.0. The highest BCUT2D eigenvalue weighted by molar-refractivity contribution is 5.90. The quantitative estimate of drug-likeness (QED) is 0.409. The Morgan fingerprint density at radius 1 is 1.11 bits per heavy atom. The van der Waals surface area contributed by atoms with Crippen LogP contribution in [0.2, 0.25) is 0 Å². The zero-order valence-electron chi connectivity index (χ0n) is 20.7. The predicted molar refractivity (Wildman–Crippen MR) is 139 cm³/mol. The van der Waals surface area contributed by atoms with Gasteiger partial charge in [0.15, 0.2) is 0 Å². The van der Waals surface area contributed by atoms with Gasteiger partial charge in [-0.05, 0) is 57.4 Å². The van der Waals surface area contributed by atoms with Crippen LogP contribution in [0.5, 0.6) is 0 Å². The van der Waals surface area contributed by atoms with E-state index in [9.17, 15) is 10.1 Å². The SMILES string of the molecule is CC(C)(C)OC(=O)N1CCCc2c(NCc3ccccc3)nc(-n3ccc4c(C#N)cccc43)nc21. The first-order chi connectivity index (χ1) is 17.3. The molecule has 3 heterocycles. The molecule has 8 nitrogen and oxygen atoms in total. The number of benzene rings is 2. The summed E-state index contributed by atoms with van der Waals surface area (Å²) in [6, 6.07) is 19.8. The van der Waals surface area contributed by atoms with E-state index in [-0.39, 0.29) is 0 Å². The van der Waals surface area contributed by atoms with Crippen molar-refractivity contribution in [3.63, 3.8) is 0 Å². The van der Waals surface area contributed by atoms with Gasteiger partial charge in [-0.15, -0.1) is 0 Å². The third-order valence-corrected chi connectivity index (χ3v) is 6.02. The number of hydrogen-bond donors (Lipinski definition) is 1. The average Bonchev–Trinajstić information content (AvgIpc) is 3.31. The molecule has 8 heteroatoms. The van der Waals surface area contributed by atoms with Crippen molar-refractivity contribution < 1.29 is 9.53 Å². The summed E-state index contributed by atoms with van der Waals surface area (Å²) in [4.78, 5) is 24.5. The van der Waals surface area contributed by atoms with Gasteiger partial charge in [-0.25, -0.2) is 4.79 Å². The van der Waals surface area contributed by atoms with E-state index in [0.29, 0.717) is 36.2 Å². The number of carbonyl (C=O) groups is 1. The van der Waals surface area contributed by atoms with Gasteiger partial charge < -0.3 is 10.1 Å². The largest absolute Gasteiger partial charge is 0.443 e. The fourth-order valence-electron chi connectivity index (χ4n) is 4.40. The first kappa shape index (κ1) is 23.4. The van der Waals surface area contributed by atoms with Crippen LogP contribution in [-0.4, -0.2) is 32.8 Å². The maximum atomic E-state index is 13.1. The summed E-state index contributed by atoms with van der Waals surface area (Å²) < 4.78 is 7.55. The second-order valence-electron chi connectivity index (χ2n) is 9.78. The van der Waals surface area contributed by atoms with Crippen LogP contribution in [0.15, 0.2) is 60.8 Å². The molecule has 0 bridgehead atoms. The Hall–Kier alpha value is -4.38. The van der Waals surface area contributed by atoms with Crippen molar-refractivity contribution in [1.29, 1.82) is 5.26 Å². The Morgan fingerprint density at radius 2 is 1.92 bits per heavy atom. The molecule has 0 radical (unpaired) electrons. The number of nitriles is 1. The Kier molecular flexibility index (Phi) is 6.06. The number of amides is 1. The van der Waals surface area contributed by atoms with Crippen molar-refractivity contribution >= 4 is 28.6 Å². The van der Waals surface area contributed by atoms with Crippen LogP contribution < -0.4 is 10.2 Å². The van der Waals surface area contributed by atoms with Crippen LogP contribution in [0.3, 0.4) is 0 Å². The molecule has 0 aliphatic carbocycles. The Morgan fingerprint density at radius 3 is 2.67 bits per heavy atom. The number of anilines is 2. The van der Waals surface area contributed by atoms with Gasteiger partial charge in [0, 0.05) is 30.2 Å². The van der Waals surface area contributed by atoms with Crippen molar-refractivity contribution in [3.8, 4) is 12.0 Å². The highest BCUT2D eigenvalue weighted by Gasteiger charge is 2.31. The van der Waals surface area contributed by atoms with E-state index >= 15 is 0 Å². The summed E-state index contributed by atoms with van der Waals surface area (Å²) in [7, 11) is 0. The minimum absolute atomic E-state index is 0.421. The number of carbonyl (C=O) groups excluding carboxylic acids is 1. The molecule has 4 aromatic rings. The Bertz CT molecular complexity index is 1460. The molecule has 5 rings (SSSR count). The topological polar surface area (TPSA) is 96.1 Å². The number of fused-ring (bicyclic) bond motifs is 2. The number of nitrogens with zero attached hydrogens (tertiary/aromatic N) is 5. The van der Waals surface area contributed by atoms with Gasteiger partial charge in [-0.3, -0.25) is 9.47 Å². The lowest BCUT2D eigenvalue weighted by Crippen LogP contribution is -2.40. The summed E-state index contributed by atoms with van der Waals surface area (Å²) in [5.74, 6) is 1.66. The molecule has 1 aliphatic rings. The molecule has 1 amide bonds. The maximum absolute atomic E-state index is 13.1. The maximum Gasteiger partial charge on any atom is 0.416 e. The minimum atomic E-state index is -0.622. The molecule has 182 valence electrons. The molecule has 36 heavy (non-hydrogen) atoms. The summed E-state index contributed by atoms with van der Waals surface area (Å²) in [6.45, 7) is 6.66. The van der Waals surface area contributed by atoms with E-state index in [1.54, 1.807) is 11.0 Å². The molecule has 0 atom stereocenters. The normalized spacial score (nSPS) is 13.2. The molecule has 0 unspecified atom stereocenters. The number of nitrogens with one attached hydrogen (secondary N) is 1. The van der Waals surface area contributed by atoms with Crippen LogP contribution in [-0.2, 0) is 17.7 Å². The second kappa shape index (κ2) is 9.34. The summed E-state index contributed by atoms with van der Waals surface area (Å²) in [6.07, 6.45) is 2.96. The number of aromatic nitrogens is 3. The lowest BCUT2D eigenvalue weighted by molar-refractivity contribution is 0.0576. The zero-order valence-corrected chi connectivity index (χ0v) is 20.7. The molecule has 2 aromatic carbocycles. The van der Waals surface area contributed by atoms with Gasteiger partial charge in [0.2, 0.25) is 5.95 Å². The fraction of sp³-hybridized carbons (Fsp3) is 0.286. The monoisotopic (exact) mass is 480 g/mol. The molecule has 0 saturated carbocycles. The molecule has 0 saturated heterocycles. The van der Waals surface area contributed by atoms with Gasteiger partial charge >= 0.3 is 6.09 Å². The highest BCUT2D eigenvalue weighted by atomic mass is 16.6. The smallest absolute Gasteiger partial charge is 0.416 e. The van der Waals surface area contributed by atoms with Crippen molar-refractivity contribution in [1.82, 2.24) is 14.5 Å². The molecule has 0 spiro atoms. The summed E-state index contributed by atoms with van der Waals surface area (Å²) in [5.41, 5.74) is 2.80. The van der Waals surface area contributed by atoms with Crippen LogP contribution in [0.4, 0.5) is 16.4 Å². The molecule has 0 fully saturated rings. The molecular weight excluding hydrogens is 452 g/mol. The van der Waals surface area contributed by atoms with Gasteiger partial charge in [0.25, 0.3) is 0 Å². The third kappa shape index (κ3) is 4.60. The van der Waals surface area contributed by atoms with Gasteiger partial charge in [-0.1, -0.05) is 36.4 Å². The first-order valence-corrected chi connectivity index (χ1v) is 12.0. The van der Waals surface area contributed by atoms with Crippen LogP contribution in [0, 0.1) is 11.3 Å². The van der Waals surface area contributed by atoms with Gasteiger partial charge in [0.1, 0.15) is 17.2 Å². The van der Waals surface area contributed by atoms with E-state index in [4.69, 9.17) is 14.7 Å². The Balaban J connectivity index is 1.62. The molecule has 2 aromatic heterocycles. The van der Waals surface area contributed by atoms with Crippen LogP contribution in [0.25, 0.3) is 16.9 Å². The lowest BCUT2D eigenvalue weighted by atomic mass is 10.1. The lowest BCUT2D eigenvalue weighted by Gasteiger charge is -2.31. The predicted octanol–water partition coefficient (Wildman–Crippen LogP) is 5.59. The van der Waals surface area contributed by atoms with Crippen LogP contribution in [0.1, 0.15) is 43.9 Å². The molecule has 1 N–H and O–H groups in total. The zero-order chi connectivity index (χ0) is 25.3. The molecular formula is C28H28N6O2. The fourth-order valence-corrected chi connectivity index (χ4v) is 4.40. The van der Waals surface area contributed by atoms with E-state index in [0.717, 1.165) is 34.9 Å². The van der Waals surface area contributed by atoms with Crippen molar-refractivity contribution in [2.45, 2.75) is 45.8 Å². The van der Waals surface area contributed by atoms with E-state index < -0.39 is 11.7 Å². The highest BCUT2D eigenvalue weighted by Crippen LogP contribution is 2.33. The van der Waals surface area contributed by atoms with Gasteiger partial charge in [0.05, 0.1) is 17.1 Å². The number of ether oxygens (including phenoxy) is 1. The average molecular weight is 481 g/mol. The number of hydrogen-bond acceptors (Lipinski definition) is 6. The number of rotatable bonds is 4. The Labute approximate surface area is 210 Å².